The maximum atomic E-state index is 12.5. The summed E-state index contributed by atoms with van der Waals surface area (Å²) in [5.74, 6) is 1.27. The SMILES string of the molecule is COc1ccccc1OC[C@H](C)NC(=O)c1cc(C)c(C)cc1C. The summed E-state index contributed by atoms with van der Waals surface area (Å²) in [6.07, 6.45) is 0. The van der Waals surface area contributed by atoms with Crippen LogP contribution in [0, 0.1) is 20.8 Å². The van der Waals surface area contributed by atoms with Gasteiger partial charge in [0.05, 0.1) is 13.2 Å². The lowest BCUT2D eigenvalue weighted by Gasteiger charge is -2.17. The number of hydrogen-bond acceptors (Lipinski definition) is 3. The van der Waals surface area contributed by atoms with Gasteiger partial charge in [-0.25, -0.2) is 0 Å². The molecule has 0 aliphatic heterocycles. The largest absolute Gasteiger partial charge is 0.493 e. The highest BCUT2D eigenvalue weighted by atomic mass is 16.5. The molecule has 2 aromatic rings. The Kier molecular flexibility index (Phi) is 5.85. The van der Waals surface area contributed by atoms with Gasteiger partial charge in [-0.1, -0.05) is 18.2 Å². The average molecular weight is 327 g/mol. The number of amides is 1. The summed E-state index contributed by atoms with van der Waals surface area (Å²) in [5.41, 5.74) is 4.00. The number of carbonyl (C=O) groups is 1. The second kappa shape index (κ2) is 7.86. The predicted octanol–water partition coefficient (Wildman–Crippen LogP) is 3.82. The molecule has 24 heavy (non-hydrogen) atoms. The fraction of sp³-hybridized carbons (Fsp3) is 0.350. The van der Waals surface area contributed by atoms with Crippen molar-refractivity contribution in [3.05, 3.63) is 58.7 Å². The Morgan fingerprint density at radius 3 is 2.33 bits per heavy atom. The minimum absolute atomic E-state index is 0.0771. The molecule has 0 aromatic heterocycles. The van der Waals surface area contributed by atoms with Crippen LogP contribution in [0.1, 0.15) is 34.0 Å². The summed E-state index contributed by atoms with van der Waals surface area (Å²) in [5, 5.41) is 2.99. The van der Waals surface area contributed by atoms with Crippen molar-refractivity contribution in [2.24, 2.45) is 0 Å². The zero-order valence-electron chi connectivity index (χ0n) is 15.0. The Bertz CT molecular complexity index is 725. The number of para-hydroxylation sites is 2. The molecule has 0 radical (unpaired) electrons. The van der Waals surface area contributed by atoms with Gasteiger partial charge >= 0.3 is 0 Å². The molecule has 0 spiro atoms. The van der Waals surface area contributed by atoms with Crippen LogP contribution in [-0.4, -0.2) is 25.7 Å². The van der Waals surface area contributed by atoms with Crippen LogP contribution in [-0.2, 0) is 0 Å². The lowest BCUT2D eigenvalue weighted by Crippen LogP contribution is -2.37. The van der Waals surface area contributed by atoms with Crippen LogP contribution in [0.5, 0.6) is 11.5 Å². The first-order valence-corrected chi connectivity index (χ1v) is 8.07. The molecule has 4 heteroatoms. The van der Waals surface area contributed by atoms with Gasteiger partial charge in [0, 0.05) is 5.56 Å². The van der Waals surface area contributed by atoms with Crippen LogP contribution in [0.25, 0.3) is 0 Å². The molecule has 0 heterocycles. The maximum Gasteiger partial charge on any atom is 0.251 e. The third-order valence-electron chi connectivity index (χ3n) is 4.02. The average Bonchev–Trinajstić information content (AvgIpc) is 2.56. The summed E-state index contributed by atoms with van der Waals surface area (Å²) in [7, 11) is 1.61. The first-order chi connectivity index (χ1) is 11.4. The van der Waals surface area contributed by atoms with Crippen molar-refractivity contribution in [2.45, 2.75) is 33.7 Å². The van der Waals surface area contributed by atoms with Crippen LogP contribution in [0.2, 0.25) is 0 Å². The van der Waals surface area contributed by atoms with Crippen molar-refractivity contribution in [1.82, 2.24) is 5.32 Å². The fourth-order valence-electron chi connectivity index (χ4n) is 2.50. The molecule has 0 saturated heterocycles. The lowest BCUT2D eigenvalue weighted by atomic mass is 10.0. The summed E-state index contributed by atoms with van der Waals surface area (Å²) < 4.78 is 11.0. The van der Waals surface area contributed by atoms with E-state index < -0.39 is 0 Å². The Labute approximate surface area is 143 Å². The number of nitrogens with one attached hydrogen (secondary N) is 1. The van der Waals surface area contributed by atoms with Crippen molar-refractivity contribution in [1.29, 1.82) is 0 Å². The molecule has 0 aliphatic rings. The van der Waals surface area contributed by atoms with Crippen LogP contribution in [0.15, 0.2) is 36.4 Å². The predicted molar refractivity (Wildman–Crippen MR) is 96.1 cm³/mol. The van der Waals surface area contributed by atoms with Gasteiger partial charge in [0.15, 0.2) is 11.5 Å². The lowest BCUT2D eigenvalue weighted by molar-refractivity contribution is 0.0925. The minimum atomic E-state index is -0.122. The summed E-state index contributed by atoms with van der Waals surface area (Å²) in [6, 6.07) is 11.3. The topological polar surface area (TPSA) is 47.6 Å². The number of aryl methyl sites for hydroxylation is 3. The van der Waals surface area contributed by atoms with Gasteiger partial charge in [-0.15, -0.1) is 0 Å². The fourth-order valence-corrected chi connectivity index (χ4v) is 2.50. The van der Waals surface area contributed by atoms with Gasteiger partial charge in [0.1, 0.15) is 6.61 Å². The molecule has 0 saturated carbocycles. The number of rotatable bonds is 6. The number of carbonyl (C=O) groups excluding carboxylic acids is 1. The second-order valence-corrected chi connectivity index (χ2v) is 6.09. The highest BCUT2D eigenvalue weighted by Crippen LogP contribution is 2.25. The third kappa shape index (κ3) is 4.28. The van der Waals surface area contributed by atoms with E-state index in [4.69, 9.17) is 9.47 Å². The molecule has 0 unspecified atom stereocenters. The normalized spacial score (nSPS) is 11.7. The quantitative estimate of drug-likeness (QED) is 0.877. The highest BCUT2D eigenvalue weighted by Gasteiger charge is 2.14. The minimum Gasteiger partial charge on any atom is -0.493 e. The molecular weight excluding hydrogens is 302 g/mol. The van der Waals surface area contributed by atoms with E-state index in [9.17, 15) is 4.79 Å². The number of ether oxygens (including phenoxy) is 2. The monoisotopic (exact) mass is 327 g/mol. The molecule has 4 nitrogen and oxygen atoms in total. The highest BCUT2D eigenvalue weighted by molar-refractivity contribution is 5.96. The van der Waals surface area contributed by atoms with Gasteiger partial charge < -0.3 is 14.8 Å². The van der Waals surface area contributed by atoms with E-state index in [1.807, 2.05) is 64.1 Å². The Hall–Kier alpha value is -2.49. The van der Waals surface area contributed by atoms with Crippen molar-refractivity contribution in [2.75, 3.05) is 13.7 Å². The molecule has 1 N–H and O–H groups in total. The van der Waals surface area contributed by atoms with Gasteiger partial charge in [0.2, 0.25) is 0 Å². The number of hydrogen-bond donors (Lipinski definition) is 1. The molecule has 0 bridgehead atoms. The molecule has 0 fully saturated rings. The molecule has 1 atom stereocenters. The smallest absolute Gasteiger partial charge is 0.251 e. The van der Waals surface area contributed by atoms with E-state index in [1.165, 1.54) is 5.56 Å². The Balaban J connectivity index is 1.98. The summed E-state index contributed by atoms with van der Waals surface area (Å²) in [6.45, 7) is 8.31. The van der Waals surface area contributed by atoms with E-state index in [1.54, 1.807) is 7.11 Å². The van der Waals surface area contributed by atoms with Gasteiger partial charge in [-0.05, 0) is 62.6 Å². The summed E-state index contributed by atoms with van der Waals surface area (Å²) >= 11 is 0. The van der Waals surface area contributed by atoms with Crippen LogP contribution in [0.3, 0.4) is 0 Å². The zero-order chi connectivity index (χ0) is 17.7. The summed E-state index contributed by atoms with van der Waals surface area (Å²) in [4.78, 5) is 12.5. The standard InChI is InChI=1S/C20H25NO3/c1-13-10-15(3)17(11-14(13)2)20(22)21-16(4)12-24-19-9-7-6-8-18(19)23-5/h6-11,16H,12H2,1-5H3,(H,21,22)/t16-/m0/s1. The second-order valence-electron chi connectivity index (χ2n) is 6.09. The van der Waals surface area contributed by atoms with Crippen LogP contribution in [0.4, 0.5) is 0 Å². The molecule has 0 aliphatic carbocycles. The first-order valence-electron chi connectivity index (χ1n) is 8.07. The van der Waals surface area contributed by atoms with Crippen LogP contribution < -0.4 is 14.8 Å². The zero-order valence-corrected chi connectivity index (χ0v) is 15.0. The molecule has 128 valence electrons. The Morgan fingerprint density at radius 1 is 1.04 bits per heavy atom. The van der Waals surface area contributed by atoms with E-state index in [2.05, 4.69) is 5.32 Å². The number of benzene rings is 2. The molecule has 1 amide bonds. The van der Waals surface area contributed by atoms with E-state index in [0.717, 1.165) is 11.1 Å². The van der Waals surface area contributed by atoms with Crippen molar-refractivity contribution in [3.8, 4) is 11.5 Å². The third-order valence-corrected chi connectivity index (χ3v) is 4.02. The van der Waals surface area contributed by atoms with Crippen molar-refractivity contribution in [3.63, 3.8) is 0 Å². The van der Waals surface area contributed by atoms with Gasteiger partial charge in [0.25, 0.3) is 5.91 Å². The van der Waals surface area contributed by atoms with Crippen molar-refractivity contribution < 1.29 is 14.3 Å². The molecule has 2 rings (SSSR count). The maximum absolute atomic E-state index is 12.5. The van der Waals surface area contributed by atoms with Crippen LogP contribution >= 0.6 is 0 Å². The van der Waals surface area contributed by atoms with Gasteiger partial charge in [-0.3, -0.25) is 4.79 Å². The molecular formula is C20H25NO3. The van der Waals surface area contributed by atoms with E-state index in [-0.39, 0.29) is 11.9 Å². The van der Waals surface area contributed by atoms with E-state index >= 15 is 0 Å². The Morgan fingerprint density at radius 2 is 1.67 bits per heavy atom. The van der Waals surface area contributed by atoms with Gasteiger partial charge in [-0.2, -0.15) is 0 Å². The van der Waals surface area contributed by atoms with E-state index in [0.29, 0.717) is 23.7 Å². The molecule has 2 aromatic carbocycles. The van der Waals surface area contributed by atoms with Crippen molar-refractivity contribution >= 4 is 5.91 Å². The number of methoxy groups -OCH3 is 1. The first kappa shape index (κ1) is 17.9.